The molecule has 0 spiro atoms. The van der Waals surface area contributed by atoms with Gasteiger partial charge in [-0.1, -0.05) is 52.3 Å². The predicted molar refractivity (Wildman–Crippen MR) is 118 cm³/mol. The molecule has 31 heavy (non-hydrogen) atoms. The van der Waals surface area contributed by atoms with Gasteiger partial charge in [0.1, 0.15) is 5.56 Å². The Labute approximate surface area is 184 Å². The van der Waals surface area contributed by atoms with E-state index in [1.54, 1.807) is 24.3 Å². The first kappa shape index (κ1) is 20.2. The van der Waals surface area contributed by atoms with Gasteiger partial charge in [-0.3, -0.25) is 10.1 Å². The second-order valence-corrected chi connectivity index (χ2v) is 7.25. The number of aromatic amines is 1. The molecule has 11 heteroatoms. The zero-order valence-electron chi connectivity index (χ0n) is 15.7. The molecule has 1 aromatic heterocycles. The Morgan fingerprint density at radius 2 is 1.84 bits per heavy atom. The van der Waals surface area contributed by atoms with Crippen LogP contribution in [0.1, 0.15) is 0 Å². The second-order valence-electron chi connectivity index (χ2n) is 6.33. The number of tetrazole rings is 1. The molecule has 154 valence electrons. The number of hydrogen-bond acceptors (Lipinski definition) is 6. The minimum Gasteiger partial charge on any atom is -0.308 e. The van der Waals surface area contributed by atoms with Crippen LogP contribution in [0.15, 0.2) is 71.2 Å². The van der Waals surface area contributed by atoms with Crippen LogP contribution in [0.25, 0.3) is 22.5 Å². The van der Waals surface area contributed by atoms with Gasteiger partial charge in [-0.05, 0) is 35.0 Å². The number of amides is 2. The van der Waals surface area contributed by atoms with Crippen molar-refractivity contribution in [1.29, 1.82) is 0 Å². The third-order valence-corrected chi connectivity index (χ3v) is 4.85. The van der Waals surface area contributed by atoms with E-state index in [9.17, 15) is 14.9 Å². The molecule has 1 heterocycles. The summed E-state index contributed by atoms with van der Waals surface area (Å²) < 4.78 is 0.790. The highest BCUT2D eigenvalue weighted by molar-refractivity contribution is 9.10. The number of nitrogens with zero attached hydrogens (tertiary/aromatic N) is 4. The monoisotopic (exact) mass is 479 g/mol. The zero-order valence-corrected chi connectivity index (χ0v) is 17.3. The number of hydrogen-bond donors (Lipinski definition) is 3. The van der Waals surface area contributed by atoms with Gasteiger partial charge < -0.3 is 10.6 Å². The first-order chi connectivity index (χ1) is 15.0. The molecule has 0 aliphatic carbocycles. The highest BCUT2D eigenvalue weighted by Crippen LogP contribution is 2.41. The third-order valence-electron chi connectivity index (χ3n) is 4.35. The first-order valence-electron chi connectivity index (χ1n) is 8.97. The summed E-state index contributed by atoms with van der Waals surface area (Å²) in [6.07, 6.45) is 0. The summed E-state index contributed by atoms with van der Waals surface area (Å²) in [4.78, 5) is 24.0. The number of nitro benzene ring substituents is 1. The van der Waals surface area contributed by atoms with Crippen molar-refractivity contribution in [3.8, 4) is 22.5 Å². The van der Waals surface area contributed by atoms with Crippen molar-refractivity contribution in [2.45, 2.75) is 0 Å². The molecule has 10 nitrogen and oxygen atoms in total. The Bertz CT molecular complexity index is 1250. The van der Waals surface area contributed by atoms with Gasteiger partial charge in [-0.25, -0.2) is 4.79 Å². The summed E-state index contributed by atoms with van der Waals surface area (Å²) in [5.41, 5.74) is 1.83. The smallest absolute Gasteiger partial charge is 0.308 e. The van der Waals surface area contributed by atoms with Crippen LogP contribution < -0.4 is 10.6 Å². The van der Waals surface area contributed by atoms with Gasteiger partial charge in [0.15, 0.2) is 0 Å². The van der Waals surface area contributed by atoms with Crippen LogP contribution >= 0.6 is 15.9 Å². The molecule has 0 radical (unpaired) electrons. The van der Waals surface area contributed by atoms with Crippen molar-refractivity contribution in [3.05, 3.63) is 81.3 Å². The van der Waals surface area contributed by atoms with Crippen molar-refractivity contribution < 1.29 is 9.72 Å². The predicted octanol–water partition coefficient (Wildman–Crippen LogP) is 4.85. The Balaban J connectivity index is 1.84. The van der Waals surface area contributed by atoms with Gasteiger partial charge in [0.25, 0.3) is 5.69 Å². The molecule has 0 saturated heterocycles. The number of benzene rings is 3. The summed E-state index contributed by atoms with van der Waals surface area (Å²) in [5, 5.41) is 30.8. The Morgan fingerprint density at radius 3 is 2.52 bits per heavy atom. The minimum atomic E-state index is -0.583. The lowest BCUT2D eigenvalue weighted by Crippen LogP contribution is -2.20. The summed E-state index contributed by atoms with van der Waals surface area (Å²) >= 11 is 3.35. The largest absolute Gasteiger partial charge is 0.323 e. The lowest BCUT2D eigenvalue weighted by Gasteiger charge is -2.15. The number of urea groups is 1. The number of halogens is 1. The number of aromatic nitrogens is 4. The highest BCUT2D eigenvalue weighted by Gasteiger charge is 2.27. The van der Waals surface area contributed by atoms with Crippen molar-refractivity contribution in [2.75, 3.05) is 10.6 Å². The van der Waals surface area contributed by atoms with Crippen molar-refractivity contribution in [1.82, 2.24) is 20.6 Å². The van der Waals surface area contributed by atoms with Crippen molar-refractivity contribution in [3.63, 3.8) is 0 Å². The standard InChI is InChI=1S/C20H14BrN7O3/c21-13-7-4-8-14(11-13)22-20(29)23-18-15(12-5-2-1-3-6-12)9-10-16(28(30)31)17(18)19-24-26-27-25-19/h1-11H,(H2,22,23,29)(H,24,25,26,27). The maximum Gasteiger partial charge on any atom is 0.323 e. The van der Waals surface area contributed by atoms with E-state index in [1.807, 2.05) is 36.4 Å². The quantitative estimate of drug-likeness (QED) is 0.276. The van der Waals surface area contributed by atoms with E-state index in [0.29, 0.717) is 11.3 Å². The van der Waals surface area contributed by atoms with Crippen molar-refractivity contribution in [2.24, 2.45) is 0 Å². The Hall–Kier alpha value is -4.12. The summed E-state index contributed by atoms with van der Waals surface area (Å²) in [5.74, 6) is -0.0118. The molecular weight excluding hydrogens is 466 g/mol. The van der Waals surface area contributed by atoms with Gasteiger partial charge in [0.2, 0.25) is 5.82 Å². The van der Waals surface area contributed by atoms with E-state index >= 15 is 0 Å². The van der Waals surface area contributed by atoms with Gasteiger partial charge in [-0.15, -0.1) is 10.2 Å². The van der Waals surface area contributed by atoms with E-state index in [0.717, 1.165) is 10.0 Å². The molecule has 0 aliphatic heterocycles. The zero-order chi connectivity index (χ0) is 21.8. The first-order valence-corrected chi connectivity index (χ1v) is 9.76. The second kappa shape index (κ2) is 8.71. The average molecular weight is 480 g/mol. The SMILES string of the molecule is O=C(Nc1cccc(Br)c1)Nc1c(-c2ccccc2)ccc([N+](=O)[O-])c1-c1nn[nH]n1. The number of nitrogens with one attached hydrogen (secondary N) is 3. The van der Waals surface area contributed by atoms with E-state index in [-0.39, 0.29) is 22.8 Å². The summed E-state index contributed by atoms with van der Waals surface area (Å²) in [7, 11) is 0. The maximum absolute atomic E-state index is 12.8. The summed E-state index contributed by atoms with van der Waals surface area (Å²) in [6.45, 7) is 0. The maximum atomic E-state index is 12.8. The van der Waals surface area contributed by atoms with E-state index in [2.05, 4.69) is 47.2 Å². The van der Waals surface area contributed by atoms with Gasteiger partial charge >= 0.3 is 6.03 Å². The Morgan fingerprint density at radius 1 is 1.03 bits per heavy atom. The van der Waals surface area contributed by atoms with Crippen LogP contribution in [0.5, 0.6) is 0 Å². The molecule has 0 fully saturated rings. The van der Waals surface area contributed by atoms with Crippen molar-refractivity contribution >= 4 is 39.0 Å². The van der Waals surface area contributed by atoms with Gasteiger partial charge in [0, 0.05) is 21.8 Å². The molecular formula is C20H14BrN7O3. The number of rotatable bonds is 5. The molecule has 0 bridgehead atoms. The van der Waals surface area contributed by atoms with E-state index < -0.39 is 11.0 Å². The van der Waals surface area contributed by atoms with Gasteiger partial charge in [0.05, 0.1) is 10.6 Å². The Kier molecular flexibility index (Phi) is 5.67. The topological polar surface area (TPSA) is 139 Å². The highest BCUT2D eigenvalue weighted by atomic mass is 79.9. The number of anilines is 2. The molecule has 0 unspecified atom stereocenters. The fourth-order valence-electron chi connectivity index (χ4n) is 3.07. The lowest BCUT2D eigenvalue weighted by atomic mass is 9.98. The molecule has 2 amide bonds. The number of nitro groups is 1. The van der Waals surface area contributed by atoms with E-state index in [1.165, 1.54) is 6.07 Å². The number of carbonyl (C=O) groups is 1. The lowest BCUT2D eigenvalue weighted by molar-refractivity contribution is -0.384. The minimum absolute atomic E-state index is 0.0118. The molecule has 3 aromatic carbocycles. The molecule has 0 aliphatic rings. The van der Waals surface area contributed by atoms with Gasteiger partial charge in [-0.2, -0.15) is 5.21 Å². The summed E-state index contributed by atoms with van der Waals surface area (Å²) in [6, 6.07) is 18.6. The fourth-order valence-corrected chi connectivity index (χ4v) is 3.47. The molecule has 0 atom stereocenters. The van der Waals surface area contributed by atoms with Crippen LogP contribution in [0.2, 0.25) is 0 Å². The molecule has 4 rings (SSSR count). The molecule has 4 aromatic rings. The fraction of sp³-hybridized carbons (Fsp3) is 0. The van der Waals surface area contributed by atoms with Crippen LogP contribution in [0.4, 0.5) is 21.9 Å². The normalized spacial score (nSPS) is 10.5. The van der Waals surface area contributed by atoms with Crippen LogP contribution in [-0.4, -0.2) is 31.6 Å². The molecule has 0 saturated carbocycles. The molecule has 3 N–H and O–H groups in total. The average Bonchev–Trinajstić information content (AvgIpc) is 3.28. The number of carbonyl (C=O) groups excluding carboxylic acids is 1. The third kappa shape index (κ3) is 4.41. The van der Waals surface area contributed by atoms with Crippen LogP contribution in [0, 0.1) is 10.1 Å². The van der Waals surface area contributed by atoms with Crippen LogP contribution in [0.3, 0.4) is 0 Å². The number of H-pyrrole nitrogens is 1. The van der Waals surface area contributed by atoms with E-state index in [4.69, 9.17) is 0 Å². The van der Waals surface area contributed by atoms with Crippen LogP contribution in [-0.2, 0) is 0 Å².